The summed E-state index contributed by atoms with van der Waals surface area (Å²) in [5.41, 5.74) is 2.63. The number of nitrogens with zero attached hydrogens (tertiary/aromatic N) is 3. The van der Waals surface area contributed by atoms with Gasteiger partial charge in [-0.25, -0.2) is 4.98 Å². The molecule has 0 saturated carbocycles. The topological polar surface area (TPSA) is 92.3 Å². The molecular formula is C21H18N4O3S. The van der Waals surface area contributed by atoms with Crippen molar-refractivity contribution >= 4 is 29.1 Å². The molecule has 7 nitrogen and oxygen atoms in total. The van der Waals surface area contributed by atoms with Crippen molar-refractivity contribution in [2.45, 2.75) is 19.4 Å². The zero-order chi connectivity index (χ0) is 20.2. The van der Waals surface area contributed by atoms with Crippen LogP contribution in [0.4, 0.5) is 0 Å². The zero-order valence-corrected chi connectivity index (χ0v) is 16.3. The number of hydrogen-bond acceptors (Lipinski definition) is 6. The largest absolute Gasteiger partial charge is 0.350 e. The maximum absolute atomic E-state index is 12.3. The van der Waals surface area contributed by atoms with Gasteiger partial charge in [-0.2, -0.15) is 0 Å². The van der Waals surface area contributed by atoms with Gasteiger partial charge in [0.25, 0.3) is 11.8 Å². The van der Waals surface area contributed by atoms with Gasteiger partial charge in [0.1, 0.15) is 5.01 Å². The number of aromatic nitrogens is 2. The summed E-state index contributed by atoms with van der Waals surface area (Å²) in [5, 5.41) is 5.62. The molecule has 4 rings (SSSR count). The number of amides is 3. The van der Waals surface area contributed by atoms with E-state index in [-0.39, 0.29) is 30.7 Å². The monoisotopic (exact) mass is 406 g/mol. The minimum atomic E-state index is -0.294. The molecule has 0 fully saturated rings. The zero-order valence-electron chi connectivity index (χ0n) is 15.5. The Bertz CT molecular complexity index is 1030. The summed E-state index contributed by atoms with van der Waals surface area (Å²) in [5.74, 6) is -0.727. The van der Waals surface area contributed by atoms with Crippen molar-refractivity contribution < 1.29 is 14.4 Å². The van der Waals surface area contributed by atoms with Crippen molar-refractivity contribution in [1.29, 1.82) is 0 Å². The quantitative estimate of drug-likeness (QED) is 0.609. The molecule has 1 aromatic carbocycles. The lowest BCUT2D eigenvalue weighted by atomic mass is 10.1. The van der Waals surface area contributed by atoms with Crippen LogP contribution in [0.15, 0.2) is 54.2 Å². The van der Waals surface area contributed by atoms with E-state index in [0.717, 1.165) is 16.3 Å². The van der Waals surface area contributed by atoms with E-state index in [1.807, 2.05) is 17.5 Å². The number of hydrogen-bond donors (Lipinski definition) is 1. The van der Waals surface area contributed by atoms with E-state index in [1.165, 1.54) is 16.2 Å². The predicted octanol–water partition coefficient (Wildman–Crippen LogP) is 2.90. The fraction of sp³-hybridized carbons (Fsp3) is 0.190. The Morgan fingerprint density at radius 3 is 2.41 bits per heavy atom. The molecule has 29 heavy (non-hydrogen) atoms. The van der Waals surface area contributed by atoms with Crippen molar-refractivity contribution in [3.63, 3.8) is 0 Å². The van der Waals surface area contributed by atoms with E-state index in [1.54, 1.807) is 36.7 Å². The average Bonchev–Trinajstić information content (AvgIpc) is 3.32. The Balaban J connectivity index is 1.24. The Hall–Kier alpha value is -3.39. The van der Waals surface area contributed by atoms with E-state index in [4.69, 9.17) is 0 Å². The second kappa shape index (κ2) is 8.32. The molecule has 3 heterocycles. The van der Waals surface area contributed by atoms with Gasteiger partial charge in [-0.3, -0.25) is 24.3 Å². The first-order valence-electron chi connectivity index (χ1n) is 9.20. The van der Waals surface area contributed by atoms with Gasteiger partial charge in [-0.1, -0.05) is 12.1 Å². The molecule has 146 valence electrons. The minimum absolute atomic E-state index is 0.139. The number of carbonyl (C=O) groups excluding carboxylic acids is 3. The number of thiazole rings is 1. The Labute approximate surface area is 171 Å². The Kier molecular flexibility index (Phi) is 5.44. The molecule has 0 spiro atoms. The fourth-order valence-corrected chi connectivity index (χ4v) is 3.96. The first-order chi connectivity index (χ1) is 14.1. The third-order valence-corrected chi connectivity index (χ3v) is 5.55. The SMILES string of the molecule is O=C(CCCN1C(=O)c2ccccc2C1=O)NCc1csc(-c2ccncc2)n1. The lowest BCUT2D eigenvalue weighted by Gasteiger charge is -2.13. The standard InChI is InChI=1S/C21H18N4O3S/c26-18(23-12-15-13-29-19(24-15)14-7-9-22-10-8-14)6-3-11-25-20(27)16-4-1-2-5-17(16)21(25)28/h1-2,4-5,7-10,13H,3,6,11-12H2,(H,23,26). The molecule has 0 radical (unpaired) electrons. The number of rotatable bonds is 7. The van der Waals surface area contributed by atoms with Crippen LogP contribution in [-0.4, -0.2) is 39.1 Å². The summed E-state index contributed by atoms with van der Waals surface area (Å²) in [7, 11) is 0. The highest BCUT2D eigenvalue weighted by Crippen LogP contribution is 2.23. The summed E-state index contributed by atoms with van der Waals surface area (Å²) in [6.45, 7) is 0.566. The molecule has 0 bridgehead atoms. The highest BCUT2D eigenvalue weighted by Gasteiger charge is 2.34. The van der Waals surface area contributed by atoms with Gasteiger partial charge in [0, 0.05) is 36.3 Å². The van der Waals surface area contributed by atoms with Crippen molar-refractivity contribution in [2.75, 3.05) is 6.54 Å². The van der Waals surface area contributed by atoms with E-state index in [2.05, 4.69) is 15.3 Å². The number of imide groups is 1. The summed E-state index contributed by atoms with van der Waals surface area (Å²) in [6.07, 6.45) is 4.07. The van der Waals surface area contributed by atoms with Crippen LogP contribution in [0.3, 0.4) is 0 Å². The van der Waals surface area contributed by atoms with Gasteiger partial charge in [0.15, 0.2) is 0 Å². The van der Waals surface area contributed by atoms with Crippen LogP contribution in [0, 0.1) is 0 Å². The van der Waals surface area contributed by atoms with Gasteiger partial charge < -0.3 is 5.32 Å². The number of carbonyl (C=O) groups is 3. The van der Waals surface area contributed by atoms with Gasteiger partial charge in [-0.05, 0) is 30.7 Å². The minimum Gasteiger partial charge on any atom is -0.350 e. The Morgan fingerprint density at radius 1 is 1.03 bits per heavy atom. The molecule has 1 aliphatic rings. The summed E-state index contributed by atoms with van der Waals surface area (Å²) >= 11 is 1.51. The van der Waals surface area contributed by atoms with Crippen LogP contribution in [-0.2, 0) is 11.3 Å². The van der Waals surface area contributed by atoms with Gasteiger partial charge >= 0.3 is 0 Å². The van der Waals surface area contributed by atoms with Crippen LogP contribution in [0.2, 0.25) is 0 Å². The first-order valence-corrected chi connectivity index (χ1v) is 10.1. The summed E-state index contributed by atoms with van der Waals surface area (Å²) in [6, 6.07) is 10.5. The summed E-state index contributed by atoms with van der Waals surface area (Å²) < 4.78 is 0. The molecule has 1 aliphatic heterocycles. The normalized spacial score (nSPS) is 12.9. The molecule has 0 atom stereocenters. The third kappa shape index (κ3) is 4.07. The van der Waals surface area contributed by atoms with Crippen molar-refractivity contribution in [3.05, 3.63) is 71.0 Å². The maximum atomic E-state index is 12.3. The molecule has 3 aromatic rings. The number of benzene rings is 1. The highest BCUT2D eigenvalue weighted by atomic mass is 32.1. The third-order valence-electron chi connectivity index (χ3n) is 4.61. The molecule has 1 N–H and O–H groups in total. The molecule has 8 heteroatoms. The number of pyridine rings is 1. The smallest absolute Gasteiger partial charge is 0.261 e. The van der Waals surface area contributed by atoms with Crippen LogP contribution < -0.4 is 5.32 Å². The highest BCUT2D eigenvalue weighted by molar-refractivity contribution is 7.13. The predicted molar refractivity (Wildman–Crippen MR) is 108 cm³/mol. The van der Waals surface area contributed by atoms with Crippen LogP contribution in [0.25, 0.3) is 10.6 Å². The van der Waals surface area contributed by atoms with E-state index < -0.39 is 0 Å². The molecular weight excluding hydrogens is 388 g/mol. The van der Waals surface area contributed by atoms with Crippen molar-refractivity contribution in [2.24, 2.45) is 0 Å². The first kappa shape index (κ1) is 18.9. The molecule has 0 unspecified atom stereocenters. The van der Waals surface area contributed by atoms with E-state index >= 15 is 0 Å². The number of fused-ring (bicyclic) bond motifs is 1. The van der Waals surface area contributed by atoms with Crippen molar-refractivity contribution in [3.8, 4) is 10.6 Å². The van der Waals surface area contributed by atoms with E-state index in [0.29, 0.717) is 24.1 Å². The fourth-order valence-electron chi connectivity index (χ4n) is 3.13. The molecule has 0 aliphatic carbocycles. The maximum Gasteiger partial charge on any atom is 0.261 e. The van der Waals surface area contributed by atoms with Gasteiger partial charge in [-0.15, -0.1) is 11.3 Å². The molecule has 3 amide bonds. The lowest BCUT2D eigenvalue weighted by molar-refractivity contribution is -0.121. The van der Waals surface area contributed by atoms with Crippen molar-refractivity contribution in [1.82, 2.24) is 20.2 Å². The molecule has 2 aromatic heterocycles. The Morgan fingerprint density at radius 2 is 1.72 bits per heavy atom. The second-order valence-electron chi connectivity index (χ2n) is 6.57. The number of nitrogens with one attached hydrogen (secondary N) is 1. The summed E-state index contributed by atoms with van der Waals surface area (Å²) in [4.78, 5) is 46.4. The second-order valence-corrected chi connectivity index (χ2v) is 7.43. The van der Waals surface area contributed by atoms with Crippen LogP contribution >= 0.6 is 11.3 Å². The van der Waals surface area contributed by atoms with Gasteiger partial charge in [0.2, 0.25) is 5.91 Å². The van der Waals surface area contributed by atoms with Gasteiger partial charge in [0.05, 0.1) is 23.4 Å². The van der Waals surface area contributed by atoms with Crippen LogP contribution in [0.1, 0.15) is 39.3 Å². The average molecular weight is 406 g/mol. The molecule has 0 saturated heterocycles. The van der Waals surface area contributed by atoms with E-state index in [9.17, 15) is 14.4 Å². The lowest BCUT2D eigenvalue weighted by Crippen LogP contribution is -2.32. The van der Waals surface area contributed by atoms with Crippen LogP contribution in [0.5, 0.6) is 0 Å².